The van der Waals surface area contributed by atoms with Crippen LogP contribution in [0, 0.1) is 0 Å². The fourth-order valence-electron chi connectivity index (χ4n) is 3.80. The maximum atomic E-state index is 12.8. The van der Waals surface area contributed by atoms with Gasteiger partial charge in [-0.15, -0.1) is 13.2 Å². The third kappa shape index (κ3) is 4.54. The van der Waals surface area contributed by atoms with Crippen LogP contribution in [0.5, 0.6) is 11.5 Å². The molecule has 0 radical (unpaired) electrons. The van der Waals surface area contributed by atoms with Crippen LogP contribution in [0.2, 0.25) is 0 Å². The highest BCUT2D eigenvalue weighted by molar-refractivity contribution is 5.86. The molecule has 6 nitrogen and oxygen atoms in total. The molecule has 33 heavy (non-hydrogen) atoms. The lowest BCUT2D eigenvalue weighted by Crippen LogP contribution is -2.32. The molecule has 0 atom stereocenters. The first-order chi connectivity index (χ1) is 15.9. The van der Waals surface area contributed by atoms with Gasteiger partial charge in [-0.05, 0) is 48.0 Å². The van der Waals surface area contributed by atoms with E-state index in [4.69, 9.17) is 9.15 Å². The molecule has 0 fully saturated rings. The van der Waals surface area contributed by atoms with Gasteiger partial charge in [0.1, 0.15) is 23.8 Å². The van der Waals surface area contributed by atoms with Crippen molar-refractivity contribution in [3.63, 3.8) is 0 Å². The molecule has 0 amide bonds. The molecule has 0 aliphatic carbocycles. The topological polar surface area (TPSA) is 64.8 Å². The first-order valence-corrected chi connectivity index (χ1v) is 10.1. The third-order valence-corrected chi connectivity index (χ3v) is 5.26. The maximum absolute atomic E-state index is 12.8. The summed E-state index contributed by atoms with van der Waals surface area (Å²) in [6.45, 7) is 1.46. The lowest BCUT2D eigenvalue weighted by Gasteiger charge is -2.29. The van der Waals surface area contributed by atoms with E-state index in [9.17, 15) is 18.0 Å². The molecular weight excluding hydrogens is 437 g/mol. The van der Waals surface area contributed by atoms with Gasteiger partial charge >= 0.3 is 12.0 Å². The van der Waals surface area contributed by atoms with E-state index in [1.807, 2.05) is 29.2 Å². The Hall–Kier alpha value is -3.85. The van der Waals surface area contributed by atoms with Crippen molar-refractivity contribution in [3.05, 3.63) is 88.5 Å². The number of nitrogens with zero attached hydrogens (tertiary/aromatic N) is 2. The van der Waals surface area contributed by atoms with Gasteiger partial charge in [0.25, 0.3) is 0 Å². The molecule has 168 valence electrons. The Kier molecular flexibility index (Phi) is 5.26. The SMILES string of the molecule is O=c1oc2c3c(ccc2cc1-c1ccc(OC(F)(F)F)cc1)OCN(Cc1ccccn1)C3. The highest BCUT2D eigenvalue weighted by Gasteiger charge is 2.31. The fourth-order valence-corrected chi connectivity index (χ4v) is 3.80. The van der Waals surface area contributed by atoms with Crippen LogP contribution in [-0.4, -0.2) is 23.0 Å². The summed E-state index contributed by atoms with van der Waals surface area (Å²) in [4.78, 5) is 19.1. The van der Waals surface area contributed by atoms with E-state index in [-0.39, 0.29) is 11.3 Å². The van der Waals surface area contributed by atoms with Gasteiger partial charge in [-0.3, -0.25) is 9.88 Å². The summed E-state index contributed by atoms with van der Waals surface area (Å²) in [6.07, 6.45) is -3.05. The van der Waals surface area contributed by atoms with Gasteiger partial charge in [0.2, 0.25) is 0 Å². The zero-order valence-electron chi connectivity index (χ0n) is 17.1. The number of fused-ring (bicyclic) bond motifs is 3. The summed E-state index contributed by atoms with van der Waals surface area (Å²) in [5.41, 5.74) is 2.14. The summed E-state index contributed by atoms with van der Waals surface area (Å²) < 4.78 is 52.6. The molecule has 3 heterocycles. The van der Waals surface area contributed by atoms with Crippen LogP contribution in [0.15, 0.2) is 76.1 Å². The van der Waals surface area contributed by atoms with Crippen molar-refractivity contribution in [2.24, 2.45) is 0 Å². The number of hydrogen-bond donors (Lipinski definition) is 0. The molecule has 0 unspecified atom stereocenters. The number of alkyl halides is 3. The summed E-state index contributed by atoms with van der Waals surface area (Å²) in [5, 5.41) is 0.683. The molecule has 0 spiro atoms. The number of rotatable bonds is 4. The number of benzene rings is 2. The van der Waals surface area contributed by atoms with Crippen LogP contribution in [0.4, 0.5) is 13.2 Å². The number of halogens is 3. The van der Waals surface area contributed by atoms with Crippen molar-refractivity contribution in [2.75, 3.05) is 6.73 Å². The average molecular weight is 454 g/mol. The van der Waals surface area contributed by atoms with E-state index in [1.54, 1.807) is 18.3 Å². The predicted octanol–water partition coefficient (Wildman–Crippen LogP) is 5.11. The van der Waals surface area contributed by atoms with E-state index in [1.165, 1.54) is 12.1 Å². The number of aromatic nitrogens is 1. The van der Waals surface area contributed by atoms with Gasteiger partial charge in [-0.2, -0.15) is 0 Å². The molecule has 5 rings (SSSR count). The highest BCUT2D eigenvalue weighted by atomic mass is 19.4. The second kappa shape index (κ2) is 8.25. The lowest BCUT2D eigenvalue weighted by atomic mass is 10.0. The van der Waals surface area contributed by atoms with Gasteiger partial charge in [-0.1, -0.05) is 18.2 Å². The van der Waals surface area contributed by atoms with Crippen molar-refractivity contribution in [1.82, 2.24) is 9.88 Å². The van der Waals surface area contributed by atoms with Crippen LogP contribution < -0.4 is 15.1 Å². The summed E-state index contributed by atoms with van der Waals surface area (Å²) in [7, 11) is 0. The van der Waals surface area contributed by atoms with E-state index in [0.717, 1.165) is 23.4 Å². The summed E-state index contributed by atoms with van der Waals surface area (Å²) in [6, 6.07) is 16.0. The zero-order chi connectivity index (χ0) is 23.0. The van der Waals surface area contributed by atoms with E-state index < -0.39 is 12.0 Å². The number of hydrogen-bond acceptors (Lipinski definition) is 6. The van der Waals surface area contributed by atoms with Crippen LogP contribution in [0.25, 0.3) is 22.1 Å². The first-order valence-electron chi connectivity index (χ1n) is 10.1. The summed E-state index contributed by atoms with van der Waals surface area (Å²) >= 11 is 0. The molecule has 0 saturated carbocycles. The molecule has 1 aliphatic rings. The highest BCUT2D eigenvalue weighted by Crippen LogP contribution is 2.34. The molecule has 0 bridgehead atoms. The molecule has 2 aromatic heterocycles. The second-order valence-electron chi connectivity index (χ2n) is 7.56. The molecule has 2 aromatic carbocycles. The third-order valence-electron chi connectivity index (χ3n) is 5.26. The van der Waals surface area contributed by atoms with Gasteiger partial charge < -0.3 is 13.9 Å². The van der Waals surface area contributed by atoms with Crippen LogP contribution >= 0.6 is 0 Å². The standard InChI is InChI=1S/C24H17F3N2O4/c25-24(26,27)33-18-7-4-15(5-8-18)19-11-16-6-9-21-20(22(16)32-23(19)30)13-29(14-31-21)12-17-3-1-2-10-28-17/h1-11H,12-14H2. The van der Waals surface area contributed by atoms with Gasteiger partial charge in [0.05, 0.1) is 16.8 Å². The van der Waals surface area contributed by atoms with E-state index in [0.29, 0.717) is 42.1 Å². The van der Waals surface area contributed by atoms with Gasteiger partial charge in [0, 0.05) is 24.7 Å². The Bertz CT molecular complexity index is 1350. The Balaban J connectivity index is 1.46. The predicted molar refractivity (Wildman–Crippen MR) is 114 cm³/mol. The normalized spacial score (nSPS) is 14.0. The number of ether oxygens (including phenoxy) is 2. The Labute approximate surface area is 185 Å². The average Bonchev–Trinajstić information content (AvgIpc) is 2.79. The fraction of sp³-hybridized carbons (Fsp3) is 0.167. The Morgan fingerprint density at radius 1 is 1.06 bits per heavy atom. The molecule has 0 saturated heterocycles. The Morgan fingerprint density at radius 2 is 1.88 bits per heavy atom. The zero-order valence-corrected chi connectivity index (χ0v) is 17.1. The van der Waals surface area contributed by atoms with Crippen molar-refractivity contribution >= 4 is 11.0 Å². The molecule has 1 aliphatic heterocycles. The number of pyridine rings is 1. The molecule has 4 aromatic rings. The molecule has 9 heteroatoms. The maximum Gasteiger partial charge on any atom is 0.573 e. The van der Waals surface area contributed by atoms with E-state index in [2.05, 4.69) is 9.72 Å². The van der Waals surface area contributed by atoms with Crippen molar-refractivity contribution < 1.29 is 27.1 Å². The monoisotopic (exact) mass is 454 g/mol. The smallest absolute Gasteiger partial charge is 0.478 e. The largest absolute Gasteiger partial charge is 0.573 e. The van der Waals surface area contributed by atoms with Crippen LogP contribution in [0.3, 0.4) is 0 Å². The minimum absolute atomic E-state index is 0.239. The van der Waals surface area contributed by atoms with Crippen molar-refractivity contribution in [2.45, 2.75) is 19.5 Å². The van der Waals surface area contributed by atoms with Crippen molar-refractivity contribution in [3.8, 4) is 22.6 Å². The lowest BCUT2D eigenvalue weighted by molar-refractivity contribution is -0.274. The van der Waals surface area contributed by atoms with Crippen molar-refractivity contribution in [1.29, 1.82) is 0 Å². The second-order valence-corrected chi connectivity index (χ2v) is 7.56. The van der Waals surface area contributed by atoms with Crippen LogP contribution in [0.1, 0.15) is 11.3 Å². The summed E-state index contributed by atoms with van der Waals surface area (Å²) in [5.74, 6) is 0.278. The quantitative estimate of drug-likeness (QED) is 0.400. The van der Waals surface area contributed by atoms with E-state index >= 15 is 0 Å². The van der Waals surface area contributed by atoms with Crippen LogP contribution in [-0.2, 0) is 13.1 Å². The van der Waals surface area contributed by atoms with Gasteiger partial charge in [0.15, 0.2) is 0 Å². The molecular formula is C24H17F3N2O4. The Morgan fingerprint density at radius 3 is 2.61 bits per heavy atom. The first kappa shape index (κ1) is 21.0. The minimum atomic E-state index is -4.78. The molecule has 0 N–H and O–H groups in total. The minimum Gasteiger partial charge on any atom is -0.478 e. The van der Waals surface area contributed by atoms with Gasteiger partial charge in [-0.25, -0.2) is 4.79 Å².